The Bertz CT molecular complexity index is 599. The largest absolute Gasteiger partial charge is 0.478 e. The van der Waals surface area contributed by atoms with Crippen molar-refractivity contribution in [3.8, 4) is 0 Å². The molecule has 0 fully saturated rings. The Morgan fingerprint density at radius 3 is 2.59 bits per heavy atom. The van der Waals surface area contributed by atoms with Crippen LogP contribution < -0.4 is 0 Å². The lowest BCUT2D eigenvalue weighted by Gasteiger charge is -2.09. The van der Waals surface area contributed by atoms with Crippen LogP contribution >= 0.6 is 0 Å². The van der Waals surface area contributed by atoms with Gasteiger partial charge in [0.25, 0.3) is 0 Å². The molecule has 1 N–H and O–H groups in total. The van der Waals surface area contributed by atoms with Crippen LogP contribution in [0.25, 0.3) is 10.9 Å². The van der Waals surface area contributed by atoms with Crippen molar-refractivity contribution in [1.82, 2.24) is 4.57 Å². The van der Waals surface area contributed by atoms with Gasteiger partial charge >= 0.3 is 5.97 Å². The Morgan fingerprint density at radius 1 is 1.41 bits per heavy atom. The van der Waals surface area contributed by atoms with Crippen LogP contribution in [0.5, 0.6) is 0 Å². The molecule has 2 rings (SSSR count). The lowest BCUT2D eigenvalue weighted by molar-refractivity contribution is 0.0697. The summed E-state index contributed by atoms with van der Waals surface area (Å²) in [7, 11) is 1.70. The van der Waals surface area contributed by atoms with E-state index in [1.165, 1.54) is 12.1 Å². The summed E-state index contributed by atoms with van der Waals surface area (Å²) in [6.45, 7) is 3.80. The SMILES string of the molecule is CC(C)c1c(C(=O)O)c2cccc(F)c2n1C. The number of hydrogen-bond acceptors (Lipinski definition) is 1. The van der Waals surface area contributed by atoms with Crippen LogP contribution in [0, 0.1) is 5.82 Å². The van der Waals surface area contributed by atoms with E-state index in [0.717, 1.165) is 0 Å². The molecule has 1 aromatic heterocycles. The summed E-state index contributed by atoms with van der Waals surface area (Å²) in [5.41, 5.74) is 1.21. The zero-order chi connectivity index (χ0) is 12.7. The van der Waals surface area contributed by atoms with E-state index in [2.05, 4.69) is 0 Å². The van der Waals surface area contributed by atoms with Gasteiger partial charge in [-0.2, -0.15) is 0 Å². The molecule has 17 heavy (non-hydrogen) atoms. The fourth-order valence-electron chi connectivity index (χ4n) is 2.38. The first kappa shape index (κ1) is 11.6. The molecule has 1 aromatic carbocycles. The number of hydrogen-bond donors (Lipinski definition) is 1. The predicted octanol–water partition coefficient (Wildman–Crippen LogP) is 3.14. The number of benzene rings is 1. The Labute approximate surface area is 98.5 Å². The molecule has 0 aliphatic rings. The van der Waals surface area contributed by atoms with Gasteiger partial charge in [0.05, 0.1) is 11.1 Å². The zero-order valence-corrected chi connectivity index (χ0v) is 9.99. The highest BCUT2D eigenvalue weighted by molar-refractivity contribution is 6.05. The second-order valence-corrected chi connectivity index (χ2v) is 4.42. The molecular weight excluding hydrogens is 221 g/mol. The minimum absolute atomic E-state index is 0.0258. The minimum Gasteiger partial charge on any atom is -0.478 e. The smallest absolute Gasteiger partial charge is 0.338 e. The summed E-state index contributed by atoms with van der Waals surface area (Å²) in [5.74, 6) is -1.37. The molecule has 0 unspecified atom stereocenters. The Hall–Kier alpha value is -1.84. The number of nitrogens with zero attached hydrogens (tertiary/aromatic N) is 1. The molecular formula is C13H14FNO2. The average molecular weight is 235 g/mol. The van der Waals surface area contributed by atoms with Crippen LogP contribution in [0.1, 0.15) is 35.8 Å². The summed E-state index contributed by atoms with van der Waals surface area (Å²) in [5, 5.41) is 9.74. The van der Waals surface area contributed by atoms with Gasteiger partial charge in [-0.1, -0.05) is 26.0 Å². The number of fused-ring (bicyclic) bond motifs is 1. The molecule has 4 heteroatoms. The van der Waals surface area contributed by atoms with Crippen molar-refractivity contribution in [1.29, 1.82) is 0 Å². The second kappa shape index (κ2) is 3.87. The summed E-state index contributed by atoms with van der Waals surface area (Å²) in [4.78, 5) is 11.3. The van der Waals surface area contributed by atoms with Crippen LogP contribution in [-0.2, 0) is 7.05 Å². The molecule has 0 spiro atoms. The third-order valence-corrected chi connectivity index (χ3v) is 2.97. The summed E-state index contributed by atoms with van der Waals surface area (Å²) in [6, 6.07) is 4.53. The fraction of sp³-hybridized carbons (Fsp3) is 0.308. The minimum atomic E-state index is -1.01. The number of carboxylic acid groups (broad SMARTS) is 1. The highest BCUT2D eigenvalue weighted by Gasteiger charge is 2.23. The van der Waals surface area contributed by atoms with Gasteiger partial charge in [-0.05, 0) is 12.0 Å². The third-order valence-electron chi connectivity index (χ3n) is 2.97. The molecule has 3 nitrogen and oxygen atoms in total. The van der Waals surface area contributed by atoms with Gasteiger partial charge in [0, 0.05) is 18.1 Å². The van der Waals surface area contributed by atoms with Gasteiger partial charge < -0.3 is 9.67 Å². The second-order valence-electron chi connectivity index (χ2n) is 4.42. The van der Waals surface area contributed by atoms with Crippen LogP contribution in [0.2, 0.25) is 0 Å². The number of aromatic nitrogens is 1. The van der Waals surface area contributed by atoms with E-state index in [9.17, 15) is 14.3 Å². The number of rotatable bonds is 2. The van der Waals surface area contributed by atoms with E-state index in [1.54, 1.807) is 17.7 Å². The van der Waals surface area contributed by atoms with E-state index >= 15 is 0 Å². The number of aryl methyl sites for hydroxylation is 1. The third kappa shape index (κ3) is 1.60. The normalized spacial score (nSPS) is 11.4. The molecule has 0 bridgehead atoms. The van der Waals surface area contributed by atoms with Gasteiger partial charge in [0.2, 0.25) is 0 Å². The van der Waals surface area contributed by atoms with E-state index in [1.807, 2.05) is 13.8 Å². The molecule has 0 saturated heterocycles. The van der Waals surface area contributed by atoms with Crippen molar-refractivity contribution in [2.45, 2.75) is 19.8 Å². The van der Waals surface area contributed by atoms with E-state index in [-0.39, 0.29) is 17.3 Å². The van der Waals surface area contributed by atoms with Crippen LogP contribution in [0.3, 0.4) is 0 Å². The standard InChI is InChI=1S/C13H14FNO2/c1-7(2)11-10(13(16)17)8-5-4-6-9(14)12(8)15(11)3/h4-7H,1-3H3,(H,16,17). The first-order valence-corrected chi connectivity index (χ1v) is 5.45. The average Bonchev–Trinajstić information content (AvgIpc) is 2.53. The Morgan fingerprint density at radius 2 is 2.06 bits per heavy atom. The van der Waals surface area contributed by atoms with Crippen molar-refractivity contribution >= 4 is 16.9 Å². The maximum absolute atomic E-state index is 13.8. The molecule has 90 valence electrons. The summed E-state index contributed by atoms with van der Waals surface area (Å²) < 4.78 is 15.4. The number of halogens is 1. The zero-order valence-electron chi connectivity index (χ0n) is 9.99. The monoisotopic (exact) mass is 235 g/mol. The number of carboxylic acids is 1. The topological polar surface area (TPSA) is 42.2 Å². The quantitative estimate of drug-likeness (QED) is 0.868. The summed E-state index contributed by atoms with van der Waals surface area (Å²) >= 11 is 0. The van der Waals surface area contributed by atoms with Crippen molar-refractivity contribution in [3.63, 3.8) is 0 Å². The van der Waals surface area contributed by atoms with Crippen molar-refractivity contribution < 1.29 is 14.3 Å². The van der Waals surface area contributed by atoms with Crippen molar-refractivity contribution in [3.05, 3.63) is 35.3 Å². The summed E-state index contributed by atoms with van der Waals surface area (Å²) in [6.07, 6.45) is 0. The number of aromatic carboxylic acids is 1. The Kier molecular flexibility index (Phi) is 2.65. The predicted molar refractivity (Wildman–Crippen MR) is 63.9 cm³/mol. The molecule has 0 saturated carbocycles. The fourth-order valence-corrected chi connectivity index (χ4v) is 2.38. The van der Waals surface area contributed by atoms with Gasteiger partial charge in [-0.15, -0.1) is 0 Å². The lowest BCUT2D eigenvalue weighted by atomic mass is 10.0. The van der Waals surface area contributed by atoms with E-state index < -0.39 is 5.97 Å². The Balaban J connectivity index is 2.98. The molecule has 0 amide bonds. The van der Waals surface area contributed by atoms with E-state index in [4.69, 9.17) is 0 Å². The maximum atomic E-state index is 13.8. The number of para-hydroxylation sites is 1. The number of carbonyl (C=O) groups is 1. The molecule has 0 atom stereocenters. The highest BCUT2D eigenvalue weighted by Crippen LogP contribution is 2.31. The van der Waals surface area contributed by atoms with Crippen molar-refractivity contribution in [2.24, 2.45) is 7.05 Å². The van der Waals surface area contributed by atoms with Gasteiger partial charge in [0.15, 0.2) is 0 Å². The van der Waals surface area contributed by atoms with E-state index in [0.29, 0.717) is 16.6 Å². The van der Waals surface area contributed by atoms with Crippen LogP contribution in [0.4, 0.5) is 4.39 Å². The van der Waals surface area contributed by atoms with Gasteiger partial charge in [-0.3, -0.25) is 0 Å². The van der Waals surface area contributed by atoms with Crippen molar-refractivity contribution in [2.75, 3.05) is 0 Å². The maximum Gasteiger partial charge on any atom is 0.338 e. The highest BCUT2D eigenvalue weighted by atomic mass is 19.1. The van der Waals surface area contributed by atoms with Gasteiger partial charge in [-0.25, -0.2) is 9.18 Å². The molecule has 2 aromatic rings. The lowest BCUT2D eigenvalue weighted by Crippen LogP contribution is -2.06. The van der Waals surface area contributed by atoms with Crippen LogP contribution in [-0.4, -0.2) is 15.6 Å². The van der Waals surface area contributed by atoms with Gasteiger partial charge in [0.1, 0.15) is 5.82 Å². The first-order chi connectivity index (χ1) is 7.95. The molecule has 0 aliphatic carbocycles. The first-order valence-electron chi connectivity index (χ1n) is 5.45. The molecule has 0 radical (unpaired) electrons. The molecule has 0 aliphatic heterocycles. The molecule has 1 heterocycles. The van der Waals surface area contributed by atoms with Crippen LogP contribution in [0.15, 0.2) is 18.2 Å².